The molecule has 5 nitrogen and oxygen atoms in total. The Balaban J connectivity index is 1.59. The number of ether oxygens (including phenoxy) is 1. The summed E-state index contributed by atoms with van der Waals surface area (Å²) < 4.78 is 8.09. The van der Waals surface area contributed by atoms with Gasteiger partial charge < -0.3 is 15.2 Å². The van der Waals surface area contributed by atoms with E-state index in [1.807, 2.05) is 0 Å². The second-order valence-corrected chi connectivity index (χ2v) is 11.8. The molecule has 1 saturated carbocycles. The zero-order valence-corrected chi connectivity index (χ0v) is 20.2. The summed E-state index contributed by atoms with van der Waals surface area (Å²) in [6, 6.07) is 4.51. The highest BCUT2D eigenvalue weighted by atomic mass is 16.5. The van der Waals surface area contributed by atoms with Crippen LogP contribution in [0.2, 0.25) is 0 Å². The third-order valence-corrected chi connectivity index (χ3v) is 8.89. The van der Waals surface area contributed by atoms with Crippen molar-refractivity contribution in [1.82, 2.24) is 15.1 Å². The zero-order chi connectivity index (χ0) is 22.5. The van der Waals surface area contributed by atoms with E-state index in [1.54, 1.807) is 7.11 Å². The lowest BCUT2D eigenvalue weighted by Crippen LogP contribution is -2.73. The first-order chi connectivity index (χ1) is 15.2. The number of rotatable bonds is 3. The fraction of sp³-hybridized carbons (Fsp3) is 0.667. The van der Waals surface area contributed by atoms with Crippen LogP contribution in [0.3, 0.4) is 0 Å². The van der Waals surface area contributed by atoms with Crippen LogP contribution < -0.4 is 10.1 Å². The van der Waals surface area contributed by atoms with Gasteiger partial charge in [-0.15, -0.1) is 0 Å². The van der Waals surface area contributed by atoms with Gasteiger partial charge in [-0.1, -0.05) is 6.07 Å². The molecule has 172 valence electrons. The number of piperidine rings is 1. The number of methoxy groups -OCH3 is 1. The first-order valence-corrected chi connectivity index (χ1v) is 12.4. The zero-order valence-electron chi connectivity index (χ0n) is 20.2. The number of hydrogen-bond donors (Lipinski definition) is 2. The smallest absolute Gasteiger partial charge is 0.122 e. The van der Waals surface area contributed by atoms with Gasteiger partial charge in [0.05, 0.1) is 23.9 Å². The second kappa shape index (κ2) is 6.60. The molecule has 0 radical (unpaired) electrons. The van der Waals surface area contributed by atoms with Gasteiger partial charge in [0.2, 0.25) is 0 Å². The predicted octanol–water partition coefficient (Wildman–Crippen LogP) is 3.59. The number of hydrogen-bond acceptors (Lipinski definition) is 4. The van der Waals surface area contributed by atoms with Crippen LogP contribution in [-0.4, -0.2) is 40.2 Å². The Morgan fingerprint density at radius 3 is 2.72 bits per heavy atom. The Morgan fingerprint density at radius 2 is 2.03 bits per heavy atom. The Kier molecular flexibility index (Phi) is 4.28. The van der Waals surface area contributed by atoms with Crippen LogP contribution >= 0.6 is 0 Å². The molecule has 2 N–H and O–H groups in total. The van der Waals surface area contributed by atoms with Crippen molar-refractivity contribution in [3.8, 4) is 5.75 Å². The molecule has 5 heteroatoms. The maximum atomic E-state index is 12.6. The van der Waals surface area contributed by atoms with Crippen molar-refractivity contribution in [2.24, 2.45) is 5.92 Å². The van der Waals surface area contributed by atoms with Crippen LogP contribution in [-0.2, 0) is 36.6 Å². The molecular weight excluding hydrogens is 398 g/mol. The molecule has 2 fully saturated rings. The van der Waals surface area contributed by atoms with Crippen molar-refractivity contribution >= 4 is 0 Å². The molecule has 6 rings (SSSR count). The van der Waals surface area contributed by atoms with E-state index in [0.717, 1.165) is 43.9 Å². The van der Waals surface area contributed by atoms with E-state index in [4.69, 9.17) is 9.84 Å². The lowest BCUT2D eigenvalue weighted by atomic mass is 9.49. The number of nitrogens with one attached hydrogen (secondary N) is 1. The topological polar surface area (TPSA) is 59.3 Å². The van der Waals surface area contributed by atoms with E-state index in [0.29, 0.717) is 6.42 Å². The van der Waals surface area contributed by atoms with Crippen LogP contribution in [0.5, 0.6) is 5.75 Å². The van der Waals surface area contributed by atoms with Crippen molar-refractivity contribution in [3.05, 3.63) is 45.8 Å². The number of aromatic nitrogens is 2. The molecule has 3 aliphatic carbocycles. The number of aliphatic hydroxyl groups is 1. The van der Waals surface area contributed by atoms with Gasteiger partial charge in [0.25, 0.3) is 0 Å². The summed E-state index contributed by atoms with van der Waals surface area (Å²) in [4.78, 5) is 0. The van der Waals surface area contributed by atoms with E-state index in [2.05, 4.69) is 49.8 Å². The first kappa shape index (κ1) is 20.7. The molecule has 2 heterocycles. The molecule has 32 heavy (non-hydrogen) atoms. The quantitative estimate of drug-likeness (QED) is 0.774. The SMILES string of the molecule is COc1ccc2c(c1CC1CC1)[C@]13CCN[C@H](C2)[C@]1(O)Cc1c(nn(C(C)(C)C)c1C)C3. The Labute approximate surface area is 191 Å². The van der Waals surface area contributed by atoms with Crippen LogP contribution in [0.15, 0.2) is 12.1 Å². The molecule has 0 amide bonds. The molecule has 1 aromatic heterocycles. The molecule has 4 aliphatic rings. The number of nitrogens with zero attached hydrogens (tertiary/aromatic N) is 2. The lowest BCUT2D eigenvalue weighted by Gasteiger charge is -2.61. The van der Waals surface area contributed by atoms with Crippen LogP contribution in [0, 0.1) is 12.8 Å². The van der Waals surface area contributed by atoms with E-state index in [9.17, 15) is 5.11 Å². The summed E-state index contributed by atoms with van der Waals surface area (Å²) in [6.07, 6.45) is 7.03. The Morgan fingerprint density at radius 1 is 1.25 bits per heavy atom. The van der Waals surface area contributed by atoms with E-state index in [1.165, 1.54) is 46.5 Å². The van der Waals surface area contributed by atoms with Crippen LogP contribution in [0.25, 0.3) is 0 Å². The molecule has 3 atom stereocenters. The van der Waals surface area contributed by atoms with E-state index >= 15 is 0 Å². The number of fused-ring (bicyclic) bond motifs is 2. The second-order valence-electron chi connectivity index (χ2n) is 11.8. The summed E-state index contributed by atoms with van der Waals surface area (Å²) in [7, 11) is 1.80. The van der Waals surface area contributed by atoms with Gasteiger partial charge in [-0.25, -0.2) is 0 Å². The molecule has 1 aromatic carbocycles. The molecule has 0 unspecified atom stereocenters. The third kappa shape index (κ3) is 2.67. The normalized spacial score (nSPS) is 31.0. The average molecular weight is 436 g/mol. The average Bonchev–Trinajstić information content (AvgIpc) is 3.48. The standard InChI is InChI=1S/C27H37N3O2/c1-16-20-14-27(31)23-13-18-8-9-22(32-5)19(12-17-6-7-17)24(18)26(27,10-11-28-23)15-21(20)29-30(16)25(2,3)4/h8-9,17,23,28,31H,6-7,10-15H2,1-5H3/t23-,26-,27-/m1/s1. The molecule has 1 saturated heterocycles. The van der Waals surface area contributed by atoms with Gasteiger partial charge >= 0.3 is 0 Å². The summed E-state index contributed by atoms with van der Waals surface area (Å²) in [5.74, 6) is 1.77. The summed E-state index contributed by atoms with van der Waals surface area (Å²) in [5.41, 5.74) is 6.66. The Hall–Kier alpha value is -1.85. The van der Waals surface area contributed by atoms with Crippen molar-refractivity contribution in [1.29, 1.82) is 0 Å². The molecule has 2 aromatic rings. The third-order valence-electron chi connectivity index (χ3n) is 8.89. The summed E-state index contributed by atoms with van der Waals surface area (Å²) >= 11 is 0. The minimum Gasteiger partial charge on any atom is -0.496 e. The highest BCUT2D eigenvalue weighted by Crippen LogP contribution is 2.57. The van der Waals surface area contributed by atoms with Crippen molar-refractivity contribution < 1.29 is 9.84 Å². The van der Waals surface area contributed by atoms with Gasteiger partial charge in [0, 0.05) is 30.0 Å². The summed E-state index contributed by atoms with van der Waals surface area (Å²) in [6.45, 7) is 9.77. The highest BCUT2D eigenvalue weighted by Gasteiger charge is 2.64. The summed E-state index contributed by atoms with van der Waals surface area (Å²) in [5, 5.41) is 21.5. The minimum atomic E-state index is -0.799. The largest absolute Gasteiger partial charge is 0.496 e. The Bertz CT molecular complexity index is 1090. The number of benzene rings is 1. The maximum absolute atomic E-state index is 12.6. The molecule has 1 aliphatic heterocycles. The van der Waals surface area contributed by atoms with Gasteiger partial charge in [-0.3, -0.25) is 4.68 Å². The van der Waals surface area contributed by atoms with Gasteiger partial charge in [-0.2, -0.15) is 5.10 Å². The fourth-order valence-electron chi connectivity index (χ4n) is 7.22. The maximum Gasteiger partial charge on any atom is 0.122 e. The molecule has 0 spiro atoms. The van der Waals surface area contributed by atoms with Crippen molar-refractivity contribution in [2.75, 3.05) is 13.7 Å². The highest BCUT2D eigenvalue weighted by molar-refractivity contribution is 5.57. The van der Waals surface area contributed by atoms with E-state index in [-0.39, 0.29) is 17.0 Å². The van der Waals surface area contributed by atoms with Crippen LogP contribution in [0.1, 0.15) is 73.7 Å². The molecule has 2 bridgehead atoms. The van der Waals surface area contributed by atoms with Gasteiger partial charge in [0.15, 0.2) is 0 Å². The first-order valence-electron chi connectivity index (χ1n) is 12.4. The van der Waals surface area contributed by atoms with Crippen LogP contribution in [0.4, 0.5) is 0 Å². The minimum absolute atomic E-state index is 0.0710. The fourth-order valence-corrected chi connectivity index (χ4v) is 7.22. The van der Waals surface area contributed by atoms with Gasteiger partial charge in [0.1, 0.15) is 5.75 Å². The van der Waals surface area contributed by atoms with Crippen molar-refractivity contribution in [2.45, 2.75) is 95.2 Å². The van der Waals surface area contributed by atoms with Gasteiger partial charge in [-0.05, 0) is 101 Å². The lowest BCUT2D eigenvalue weighted by molar-refractivity contribution is -0.106. The predicted molar refractivity (Wildman–Crippen MR) is 126 cm³/mol. The molecular formula is C27H37N3O2. The van der Waals surface area contributed by atoms with E-state index < -0.39 is 5.60 Å². The van der Waals surface area contributed by atoms with Crippen molar-refractivity contribution in [3.63, 3.8) is 0 Å². The monoisotopic (exact) mass is 435 g/mol.